The number of hydrogen-bond acceptors (Lipinski definition) is 2. The van der Waals surface area contributed by atoms with Gasteiger partial charge in [-0.25, -0.2) is 0 Å². The molecule has 1 aromatic carbocycles. The maximum Gasteiger partial charge on any atom is 0.307 e. The molecule has 2 N–H and O–H groups in total. The van der Waals surface area contributed by atoms with E-state index in [9.17, 15) is 4.79 Å². The van der Waals surface area contributed by atoms with Gasteiger partial charge in [0.25, 0.3) is 0 Å². The van der Waals surface area contributed by atoms with Crippen LogP contribution in [0.15, 0.2) is 42.7 Å². The van der Waals surface area contributed by atoms with Gasteiger partial charge in [-0.3, -0.25) is 4.79 Å². The number of nitrogens with zero attached hydrogens (tertiary/aromatic N) is 1. The lowest BCUT2D eigenvalue weighted by Crippen LogP contribution is -2.14. The van der Waals surface area contributed by atoms with Crippen molar-refractivity contribution in [3.8, 4) is 0 Å². The van der Waals surface area contributed by atoms with E-state index in [2.05, 4.69) is 28.3 Å². The van der Waals surface area contributed by atoms with Crippen molar-refractivity contribution in [1.82, 2.24) is 9.88 Å². The fraction of sp³-hybridized carbons (Fsp3) is 0.353. The van der Waals surface area contributed by atoms with Gasteiger partial charge in [0.1, 0.15) is 0 Å². The molecule has 0 bridgehead atoms. The minimum atomic E-state index is -0.788. The minimum Gasteiger partial charge on any atom is -0.481 e. The topological polar surface area (TPSA) is 54.3 Å². The SMILES string of the molecule is O=C(O)Cc1ccccc1Cn1ccc(CNC2CC2)c1. The molecular formula is C17H20N2O2. The molecule has 2 aromatic rings. The van der Waals surface area contributed by atoms with E-state index in [-0.39, 0.29) is 6.42 Å². The van der Waals surface area contributed by atoms with E-state index in [0.29, 0.717) is 12.6 Å². The van der Waals surface area contributed by atoms with Crippen molar-refractivity contribution in [1.29, 1.82) is 0 Å². The molecule has 0 amide bonds. The van der Waals surface area contributed by atoms with Crippen LogP contribution in [0.4, 0.5) is 0 Å². The van der Waals surface area contributed by atoms with E-state index >= 15 is 0 Å². The molecular weight excluding hydrogens is 264 g/mol. The Bertz CT molecular complexity index is 629. The van der Waals surface area contributed by atoms with Gasteiger partial charge >= 0.3 is 5.97 Å². The van der Waals surface area contributed by atoms with Gasteiger partial charge in [0.2, 0.25) is 0 Å². The van der Waals surface area contributed by atoms with Gasteiger partial charge < -0.3 is 15.0 Å². The highest BCUT2D eigenvalue weighted by Crippen LogP contribution is 2.19. The number of aliphatic carboxylic acids is 1. The molecule has 0 atom stereocenters. The van der Waals surface area contributed by atoms with E-state index in [4.69, 9.17) is 5.11 Å². The maximum absolute atomic E-state index is 10.9. The molecule has 1 saturated carbocycles. The molecule has 4 nitrogen and oxygen atoms in total. The Morgan fingerprint density at radius 2 is 2.00 bits per heavy atom. The van der Waals surface area contributed by atoms with Crippen LogP contribution in [0.2, 0.25) is 0 Å². The van der Waals surface area contributed by atoms with Gasteiger partial charge in [-0.1, -0.05) is 24.3 Å². The van der Waals surface area contributed by atoms with E-state index in [1.807, 2.05) is 24.3 Å². The van der Waals surface area contributed by atoms with E-state index < -0.39 is 5.97 Å². The smallest absolute Gasteiger partial charge is 0.307 e. The van der Waals surface area contributed by atoms with Gasteiger partial charge in [0.15, 0.2) is 0 Å². The summed E-state index contributed by atoms with van der Waals surface area (Å²) >= 11 is 0. The third-order valence-corrected chi connectivity index (χ3v) is 3.80. The number of carbonyl (C=O) groups is 1. The van der Waals surface area contributed by atoms with Crippen LogP contribution in [0.5, 0.6) is 0 Å². The third kappa shape index (κ3) is 3.95. The fourth-order valence-corrected chi connectivity index (χ4v) is 2.49. The summed E-state index contributed by atoms with van der Waals surface area (Å²) in [4.78, 5) is 10.9. The number of carboxylic acid groups (broad SMARTS) is 1. The largest absolute Gasteiger partial charge is 0.481 e. The summed E-state index contributed by atoms with van der Waals surface area (Å²) in [5.41, 5.74) is 3.23. The van der Waals surface area contributed by atoms with Crippen LogP contribution in [-0.2, 0) is 24.3 Å². The zero-order valence-corrected chi connectivity index (χ0v) is 12.0. The molecule has 1 aliphatic carbocycles. The van der Waals surface area contributed by atoms with Crippen molar-refractivity contribution >= 4 is 5.97 Å². The average Bonchev–Trinajstić information content (AvgIpc) is 3.18. The molecule has 110 valence electrons. The van der Waals surface area contributed by atoms with E-state index in [1.165, 1.54) is 18.4 Å². The average molecular weight is 284 g/mol. The van der Waals surface area contributed by atoms with Crippen LogP contribution < -0.4 is 5.32 Å². The number of carboxylic acids is 1. The zero-order chi connectivity index (χ0) is 14.7. The maximum atomic E-state index is 10.9. The first-order valence-electron chi connectivity index (χ1n) is 7.37. The molecule has 0 aliphatic heterocycles. The number of hydrogen-bond donors (Lipinski definition) is 2. The van der Waals surface area contributed by atoms with Crippen LogP contribution in [0.3, 0.4) is 0 Å². The molecule has 1 fully saturated rings. The number of nitrogens with one attached hydrogen (secondary N) is 1. The highest BCUT2D eigenvalue weighted by molar-refractivity contribution is 5.70. The summed E-state index contributed by atoms with van der Waals surface area (Å²) in [7, 11) is 0. The number of benzene rings is 1. The Labute approximate surface area is 124 Å². The van der Waals surface area contributed by atoms with Crippen molar-refractivity contribution in [2.45, 2.75) is 38.4 Å². The lowest BCUT2D eigenvalue weighted by molar-refractivity contribution is -0.136. The molecule has 1 aliphatic rings. The van der Waals surface area contributed by atoms with Crippen LogP contribution in [0.25, 0.3) is 0 Å². The second kappa shape index (κ2) is 6.14. The van der Waals surface area contributed by atoms with Crippen LogP contribution in [-0.4, -0.2) is 21.7 Å². The normalized spacial score (nSPS) is 14.3. The van der Waals surface area contributed by atoms with Gasteiger partial charge in [-0.2, -0.15) is 0 Å². The quantitative estimate of drug-likeness (QED) is 0.821. The monoisotopic (exact) mass is 284 g/mol. The van der Waals surface area contributed by atoms with Crippen LogP contribution >= 0.6 is 0 Å². The van der Waals surface area contributed by atoms with Gasteiger partial charge in [-0.05, 0) is 35.6 Å². The summed E-state index contributed by atoms with van der Waals surface area (Å²) in [6.07, 6.45) is 6.86. The summed E-state index contributed by atoms with van der Waals surface area (Å²) in [6, 6.07) is 10.6. The van der Waals surface area contributed by atoms with Crippen molar-refractivity contribution in [3.63, 3.8) is 0 Å². The van der Waals surface area contributed by atoms with E-state index in [1.54, 1.807) is 0 Å². The Kier molecular flexibility index (Phi) is 4.06. The molecule has 0 saturated heterocycles. The molecule has 0 spiro atoms. The minimum absolute atomic E-state index is 0.0769. The molecule has 1 heterocycles. The zero-order valence-electron chi connectivity index (χ0n) is 12.0. The predicted molar refractivity (Wildman–Crippen MR) is 81.2 cm³/mol. The van der Waals surface area contributed by atoms with Crippen LogP contribution in [0, 0.1) is 0 Å². The number of rotatable bonds is 7. The summed E-state index contributed by atoms with van der Waals surface area (Å²) in [5, 5.41) is 12.5. The first kappa shape index (κ1) is 13.9. The second-order valence-electron chi connectivity index (χ2n) is 5.69. The van der Waals surface area contributed by atoms with E-state index in [0.717, 1.165) is 17.7 Å². The number of aromatic nitrogens is 1. The van der Waals surface area contributed by atoms with Gasteiger partial charge in [0, 0.05) is 31.5 Å². The molecule has 3 rings (SSSR count). The molecule has 21 heavy (non-hydrogen) atoms. The standard InChI is InChI=1S/C17H20N2O2/c20-17(21)9-14-3-1-2-4-15(14)12-19-8-7-13(11-19)10-18-16-5-6-16/h1-4,7-8,11,16,18H,5-6,9-10,12H2,(H,20,21). The summed E-state index contributed by atoms with van der Waals surface area (Å²) < 4.78 is 2.12. The fourth-order valence-electron chi connectivity index (χ4n) is 2.49. The Morgan fingerprint density at radius 3 is 2.71 bits per heavy atom. The van der Waals surface area contributed by atoms with Crippen molar-refractivity contribution < 1.29 is 9.90 Å². The predicted octanol–water partition coefficient (Wildman–Crippen LogP) is 2.42. The second-order valence-corrected chi connectivity index (χ2v) is 5.69. The van der Waals surface area contributed by atoms with Crippen molar-refractivity contribution in [2.24, 2.45) is 0 Å². The molecule has 4 heteroatoms. The highest BCUT2D eigenvalue weighted by atomic mass is 16.4. The summed E-state index contributed by atoms with van der Waals surface area (Å²) in [6.45, 7) is 1.63. The molecule has 1 aromatic heterocycles. The van der Waals surface area contributed by atoms with Gasteiger partial charge in [-0.15, -0.1) is 0 Å². The first-order valence-corrected chi connectivity index (χ1v) is 7.37. The molecule has 0 radical (unpaired) electrons. The lowest BCUT2D eigenvalue weighted by atomic mass is 10.0. The van der Waals surface area contributed by atoms with Gasteiger partial charge in [0.05, 0.1) is 6.42 Å². The van der Waals surface area contributed by atoms with Crippen molar-refractivity contribution in [2.75, 3.05) is 0 Å². The third-order valence-electron chi connectivity index (χ3n) is 3.80. The van der Waals surface area contributed by atoms with Crippen molar-refractivity contribution in [3.05, 3.63) is 59.4 Å². The Morgan fingerprint density at radius 1 is 1.24 bits per heavy atom. The highest BCUT2D eigenvalue weighted by Gasteiger charge is 2.20. The Hall–Kier alpha value is -2.07. The lowest BCUT2D eigenvalue weighted by Gasteiger charge is -2.08. The molecule has 0 unspecified atom stereocenters. The van der Waals surface area contributed by atoms with Crippen LogP contribution in [0.1, 0.15) is 29.5 Å². The summed E-state index contributed by atoms with van der Waals surface area (Å²) in [5.74, 6) is -0.788. The first-order chi connectivity index (χ1) is 10.2. The Balaban J connectivity index is 1.66.